The van der Waals surface area contributed by atoms with Crippen LogP contribution in [0.4, 0.5) is 0 Å². The summed E-state index contributed by atoms with van der Waals surface area (Å²) < 4.78 is 0. The van der Waals surface area contributed by atoms with Crippen molar-refractivity contribution >= 4 is 5.96 Å². The predicted molar refractivity (Wildman–Crippen MR) is 69.9 cm³/mol. The smallest absolute Gasteiger partial charge is 0.191 e. The molecule has 1 atom stereocenters. The Morgan fingerprint density at radius 1 is 1.29 bits per heavy atom. The molecule has 0 spiro atoms. The molecule has 0 amide bonds. The fraction of sp³-hybridized carbons (Fsp3) is 0.923. The molecule has 1 unspecified atom stereocenters. The van der Waals surface area contributed by atoms with Gasteiger partial charge in [0.25, 0.3) is 0 Å². The van der Waals surface area contributed by atoms with Crippen molar-refractivity contribution in [1.82, 2.24) is 4.90 Å². The van der Waals surface area contributed by atoms with Gasteiger partial charge in [0.2, 0.25) is 0 Å². The number of guanidine groups is 1. The van der Waals surface area contributed by atoms with Crippen molar-refractivity contribution in [3.63, 3.8) is 0 Å². The van der Waals surface area contributed by atoms with Gasteiger partial charge in [0, 0.05) is 13.1 Å². The highest BCUT2D eigenvalue weighted by Crippen LogP contribution is 2.41. The van der Waals surface area contributed by atoms with Crippen molar-refractivity contribution in [2.75, 3.05) is 19.6 Å². The lowest BCUT2D eigenvalue weighted by molar-refractivity contribution is -0.0308. The SMILES string of the molecule is CC1(C)CCCC(O)(CN=C(N)N2CCC2)C1. The number of rotatable bonds is 2. The average molecular weight is 239 g/mol. The lowest BCUT2D eigenvalue weighted by atomic mass is 9.70. The fourth-order valence-electron chi connectivity index (χ4n) is 2.97. The van der Waals surface area contributed by atoms with E-state index in [4.69, 9.17) is 5.73 Å². The number of likely N-dealkylation sites (tertiary alicyclic amines) is 1. The molecule has 0 aromatic heterocycles. The molecule has 1 saturated carbocycles. The average Bonchev–Trinajstić information content (AvgIpc) is 2.10. The molecule has 0 bridgehead atoms. The van der Waals surface area contributed by atoms with Gasteiger partial charge in [-0.25, -0.2) is 0 Å². The van der Waals surface area contributed by atoms with Gasteiger partial charge in [-0.05, 0) is 37.5 Å². The Morgan fingerprint density at radius 2 is 2.00 bits per heavy atom. The Labute approximate surface area is 104 Å². The van der Waals surface area contributed by atoms with E-state index in [1.165, 1.54) is 12.8 Å². The molecule has 0 radical (unpaired) electrons. The minimum Gasteiger partial charge on any atom is -0.388 e. The molecule has 2 fully saturated rings. The highest BCUT2D eigenvalue weighted by Gasteiger charge is 2.38. The minimum absolute atomic E-state index is 0.230. The van der Waals surface area contributed by atoms with E-state index < -0.39 is 5.60 Å². The van der Waals surface area contributed by atoms with Crippen LogP contribution in [-0.2, 0) is 0 Å². The largest absolute Gasteiger partial charge is 0.388 e. The molecule has 98 valence electrons. The van der Waals surface area contributed by atoms with Crippen molar-refractivity contribution < 1.29 is 5.11 Å². The molecule has 1 aliphatic carbocycles. The zero-order chi connectivity index (χ0) is 12.5. The molecule has 17 heavy (non-hydrogen) atoms. The first-order valence-corrected chi connectivity index (χ1v) is 6.68. The Balaban J connectivity index is 1.92. The Hall–Kier alpha value is -0.770. The number of hydrogen-bond acceptors (Lipinski definition) is 2. The molecular weight excluding hydrogens is 214 g/mol. The van der Waals surface area contributed by atoms with Crippen LogP contribution in [0, 0.1) is 5.41 Å². The summed E-state index contributed by atoms with van der Waals surface area (Å²) in [7, 11) is 0. The molecule has 2 aliphatic rings. The van der Waals surface area contributed by atoms with E-state index in [0.29, 0.717) is 12.5 Å². The van der Waals surface area contributed by atoms with Gasteiger partial charge in [0.15, 0.2) is 5.96 Å². The third kappa shape index (κ3) is 3.12. The molecule has 2 rings (SSSR count). The van der Waals surface area contributed by atoms with Crippen LogP contribution in [0.15, 0.2) is 4.99 Å². The van der Waals surface area contributed by atoms with E-state index in [1.54, 1.807) is 0 Å². The van der Waals surface area contributed by atoms with Crippen LogP contribution in [-0.4, -0.2) is 41.2 Å². The van der Waals surface area contributed by atoms with Gasteiger partial charge in [0.05, 0.1) is 12.1 Å². The van der Waals surface area contributed by atoms with Gasteiger partial charge >= 0.3 is 0 Å². The maximum absolute atomic E-state index is 10.5. The Morgan fingerprint density at radius 3 is 2.53 bits per heavy atom. The minimum atomic E-state index is -0.642. The van der Waals surface area contributed by atoms with Crippen LogP contribution in [0.5, 0.6) is 0 Å². The van der Waals surface area contributed by atoms with Gasteiger partial charge in [-0.1, -0.05) is 13.8 Å². The highest BCUT2D eigenvalue weighted by molar-refractivity contribution is 5.78. The number of nitrogens with zero attached hydrogens (tertiary/aromatic N) is 2. The van der Waals surface area contributed by atoms with Crippen LogP contribution in [0.1, 0.15) is 46.0 Å². The van der Waals surface area contributed by atoms with Crippen molar-refractivity contribution in [3.05, 3.63) is 0 Å². The second-order valence-electron chi connectivity index (χ2n) is 6.43. The molecule has 0 aromatic carbocycles. The molecule has 3 N–H and O–H groups in total. The summed E-state index contributed by atoms with van der Waals surface area (Å²) in [6, 6.07) is 0. The van der Waals surface area contributed by atoms with E-state index in [1.807, 2.05) is 0 Å². The first kappa shape index (κ1) is 12.7. The zero-order valence-electron chi connectivity index (χ0n) is 11.1. The number of aliphatic hydroxyl groups is 1. The molecule has 4 heteroatoms. The topological polar surface area (TPSA) is 61.9 Å². The van der Waals surface area contributed by atoms with Gasteiger partial charge in [-0.3, -0.25) is 4.99 Å². The van der Waals surface area contributed by atoms with Crippen molar-refractivity contribution in [2.45, 2.75) is 51.6 Å². The Kier molecular flexibility index (Phi) is 3.34. The van der Waals surface area contributed by atoms with E-state index in [-0.39, 0.29) is 5.41 Å². The van der Waals surface area contributed by atoms with Gasteiger partial charge in [0.1, 0.15) is 0 Å². The monoisotopic (exact) mass is 239 g/mol. The highest BCUT2D eigenvalue weighted by atomic mass is 16.3. The van der Waals surface area contributed by atoms with Crippen LogP contribution in [0.3, 0.4) is 0 Å². The number of aliphatic imine (C=N–C) groups is 1. The lowest BCUT2D eigenvalue weighted by Gasteiger charge is -2.41. The van der Waals surface area contributed by atoms with E-state index in [9.17, 15) is 5.11 Å². The number of nitrogens with two attached hydrogens (primary N) is 1. The first-order valence-electron chi connectivity index (χ1n) is 6.68. The summed E-state index contributed by atoms with van der Waals surface area (Å²) >= 11 is 0. The second-order valence-corrected chi connectivity index (χ2v) is 6.43. The standard InChI is InChI=1S/C13H25N3O/c1-12(2)5-3-6-13(17,9-12)10-15-11(14)16-7-4-8-16/h17H,3-10H2,1-2H3,(H2,14,15). The predicted octanol–water partition coefficient (Wildman–Crippen LogP) is 1.34. The normalized spacial score (nSPS) is 33.4. The van der Waals surface area contributed by atoms with Crippen molar-refractivity contribution in [1.29, 1.82) is 0 Å². The summed E-state index contributed by atoms with van der Waals surface area (Å²) in [4.78, 5) is 6.44. The van der Waals surface area contributed by atoms with Gasteiger partial charge in [-0.15, -0.1) is 0 Å². The zero-order valence-corrected chi connectivity index (χ0v) is 11.1. The molecule has 1 saturated heterocycles. The van der Waals surface area contributed by atoms with Gasteiger partial charge in [-0.2, -0.15) is 0 Å². The molecular formula is C13H25N3O. The third-order valence-electron chi connectivity index (χ3n) is 4.02. The molecule has 4 nitrogen and oxygen atoms in total. The van der Waals surface area contributed by atoms with Gasteiger partial charge < -0.3 is 15.7 Å². The van der Waals surface area contributed by atoms with E-state index in [2.05, 4.69) is 23.7 Å². The maximum Gasteiger partial charge on any atom is 0.191 e. The van der Waals surface area contributed by atoms with E-state index >= 15 is 0 Å². The summed E-state index contributed by atoms with van der Waals surface area (Å²) in [5, 5.41) is 10.5. The quantitative estimate of drug-likeness (QED) is 0.564. The summed E-state index contributed by atoms with van der Waals surface area (Å²) in [5.41, 5.74) is 5.48. The summed E-state index contributed by atoms with van der Waals surface area (Å²) in [5.74, 6) is 0.605. The fourth-order valence-corrected chi connectivity index (χ4v) is 2.97. The molecule has 1 aliphatic heterocycles. The van der Waals surface area contributed by atoms with Crippen LogP contribution >= 0.6 is 0 Å². The van der Waals surface area contributed by atoms with Crippen molar-refractivity contribution in [2.24, 2.45) is 16.1 Å². The van der Waals surface area contributed by atoms with E-state index in [0.717, 1.165) is 32.4 Å². The van der Waals surface area contributed by atoms with Crippen LogP contribution in [0.2, 0.25) is 0 Å². The maximum atomic E-state index is 10.5. The van der Waals surface area contributed by atoms with Crippen LogP contribution < -0.4 is 5.73 Å². The number of hydrogen-bond donors (Lipinski definition) is 2. The van der Waals surface area contributed by atoms with Crippen molar-refractivity contribution in [3.8, 4) is 0 Å². The second kappa shape index (κ2) is 4.48. The molecule has 0 aromatic rings. The Bertz CT molecular complexity index is 310. The third-order valence-corrected chi connectivity index (χ3v) is 4.02. The lowest BCUT2D eigenvalue weighted by Crippen LogP contribution is -2.48. The van der Waals surface area contributed by atoms with Crippen LogP contribution in [0.25, 0.3) is 0 Å². The summed E-state index contributed by atoms with van der Waals surface area (Å²) in [6.07, 6.45) is 5.17. The molecule has 1 heterocycles. The first-order chi connectivity index (χ1) is 7.90. The summed E-state index contributed by atoms with van der Waals surface area (Å²) in [6.45, 7) is 6.93.